The summed E-state index contributed by atoms with van der Waals surface area (Å²) >= 11 is 0. The lowest BCUT2D eigenvalue weighted by atomic mass is 10.1. The first-order valence-electron chi connectivity index (χ1n) is 11.1. The number of carbonyl (C=O) groups is 2. The van der Waals surface area contributed by atoms with E-state index in [9.17, 15) is 14.4 Å². The van der Waals surface area contributed by atoms with E-state index in [2.05, 4.69) is 15.7 Å². The molecular formula is C25H28N4O5. The lowest BCUT2D eigenvalue weighted by Gasteiger charge is -2.10. The highest BCUT2D eigenvalue weighted by molar-refractivity contribution is 5.94. The molecule has 0 saturated carbocycles. The van der Waals surface area contributed by atoms with Crippen molar-refractivity contribution in [3.8, 4) is 11.3 Å². The summed E-state index contributed by atoms with van der Waals surface area (Å²) in [7, 11) is 0. The topological polar surface area (TPSA) is 123 Å². The van der Waals surface area contributed by atoms with Crippen molar-refractivity contribution in [2.45, 2.75) is 26.3 Å². The van der Waals surface area contributed by atoms with Gasteiger partial charge in [0.15, 0.2) is 0 Å². The number of ether oxygens (including phenoxy) is 1. The molecule has 0 bridgehead atoms. The fourth-order valence-corrected chi connectivity index (χ4v) is 3.25. The second-order valence-electron chi connectivity index (χ2n) is 7.52. The number of unbranched alkanes of at least 4 members (excludes halogenated alkanes) is 1. The molecule has 0 aliphatic rings. The Morgan fingerprint density at radius 2 is 1.85 bits per heavy atom. The molecular weight excluding hydrogens is 436 g/mol. The zero-order valence-corrected chi connectivity index (χ0v) is 19.0. The highest BCUT2D eigenvalue weighted by Gasteiger charge is 2.09. The van der Waals surface area contributed by atoms with Gasteiger partial charge >= 0.3 is 6.09 Å². The Morgan fingerprint density at radius 3 is 2.59 bits per heavy atom. The summed E-state index contributed by atoms with van der Waals surface area (Å²) in [6.45, 7) is 2.83. The van der Waals surface area contributed by atoms with Crippen molar-refractivity contribution in [2.75, 3.05) is 25.1 Å². The third kappa shape index (κ3) is 7.01. The molecule has 3 aromatic rings. The third-order valence-corrected chi connectivity index (χ3v) is 4.96. The molecule has 34 heavy (non-hydrogen) atoms. The van der Waals surface area contributed by atoms with Gasteiger partial charge in [0, 0.05) is 36.0 Å². The van der Waals surface area contributed by atoms with Crippen LogP contribution < -0.4 is 16.2 Å². The van der Waals surface area contributed by atoms with Crippen molar-refractivity contribution < 1.29 is 19.4 Å². The zero-order valence-electron chi connectivity index (χ0n) is 19.0. The van der Waals surface area contributed by atoms with Crippen LogP contribution >= 0.6 is 0 Å². The zero-order chi connectivity index (χ0) is 24.3. The number of hydrogen-bond acceptors (Lipinski definition) is 6. The molecule has 2 aromatic carbocycles. The molecule has 0 spiro atoms. The van der Waals surface area contributed by atoms with Crippen LogP contribution in [0.2, 0.25) is 0 Å². The summed E-state index contributed by atoms with van der Waals surface area (Å²) in [6, 6.07) is 17.2. The second-order valence-corrected chi connectivity index (χ2v) is 7.52. The predicted molar refractivity (Wildman–Crippen MR) is 129 cm³/mol. The van der Waals surface area contributed by atoms with E-state index in [0.717, 1.165) is 11.1 Å². The van der Waals surface area contributed by atoms with Gasteiger partial charge in [0.05, 0.1) is 18.8 Å². The average Bonchev–Trinajstić information content (AvgIpc) is 2.83. The summed E-state index contributed by atoms with van der Waals surface area (Å²) in [6.07, 6.45) is 0.819. The molecule has 2 amide bonds. The van der Waals surface area contributed by atoms with Crippen molar-refractivity contribution >= 4 is 17.7 Å². The van der Waals surface area contributed by atoms with E-state index < -0.39 is 6.09 Å². The number of benzene rings is 2. The number of amides is 2. The molecule has 0 aliphatic carbocycles. The molecule has 1 heterocycles. The van der Waals surface area contributed by atoms with E-state index in [-0.39, 0.29) is 31.2 Å². The largest absolute Gasteiger partial charge is 0.450 e. The predicted octanol–water partition coefficient (Wildman–Crippen LogP) is 3.03. The number of aliphatic hydroxyl groups excluding tert-OH is 1. The third-order valence-electron chi connectivity index (χ3n) is 4.96. The van der Waals surface area contributed by atoms with Gasteiger partial charge in [-0.1, -0.05) is 24.3 Å². The summed E-state index contributed by atoms with van der Waals surface area (Å²) in [5.74, 6) is -0.182. The number of nitrogens with zero attached hydrogens (tertiary/aromatic N) is 2. The minimum Gasteiger partial charge on any atom is -0.450 e. The summed E-state index contributed by atoms with van der Waals surface area (Å²) in [4.78, 5) is 36.3. The van der Waals surface area contributed by atoms with Gasteiger partial charge in [0.2, 0.25) is 0 Å². The van der Waals surface area contributed by atoms with E-state index in [1.54, 1.807) is 55.5 Å². The maximum absolute atomic E-state index is 12.4. The van der Waals surface area contributed by atoms with Gasteiger partial charge in [0.25, 0.3) is 11.5 Å². The van der Waals surface area contributed by atoms with Crippen molar-refractivity contribution in [3.05, 3.63) is 82.1 Å². The molecule has 0 radical (unpaired) electrons. The molecule has 1 aromatic heterocycles. The molecule has 0 saturated heterocycles. The van der Waals surface area contributed by atoms with E-state index >= 15 is 0 Å². The van der Waals surface area contributed by atoms with Gasteiger partial charge in [-0.25, -0.2) is 9.48 Å². The molecule has 9 nitrogen and oxygen atoms in total. The fourth-order valence-electron chi connectivity index (χ4n) is 3.25. The molecule has 9 heteroatoms. The van der Waals surface area contributed by atoms with Crippen molar-refractivity contribution in [1.29, 1.82) is 0 Å². The first kappa shape index (κ1) is 24.7. The fraction of sp³-hybridized carbons (Fsp3) is 0.280. The first-order chi connectivity index (χ1) is 16.5. The Balaban J connectivity index is 1.71. The van der Waals surface area contributed by atoms with Gasteiger partial charge in [-0.3, -0.25) is 14.9 Å². The smallest absolute Gasteiger partial charge is 0.411 e. The van der Waals surface area contributed by atoms with Crippen LogP contribution in [0.3, 0.4) is 0 Å². The number of hydrogen-bond donors (Lipinski definition) is 3. The van der Waals surface area contributed by atoms with Crippen LogP contribution in [0.25, 0.3) is 11.3 Å². The quantitative estimate of drug-likeness (QED) is 0.397. The molecule has 178 valence electrons. The van der Waals surface area contributed by atoms with Crippen molar-refractivity contribution in [2.24, 2.45) is 0 Å². The van der Waals surface area contributed by atoms with E-state index in [0.29, 0.717) is 36.3 Å². The lowest BCUT2D eigenvalue weighted by molar-refractivity contribution is 0.0952. The molecule has 0 unspecified atom stereocenters. The van der Waals surface area contributed by atoms with Crippen molar-refractivity contribution in [1.82, 2.24) is 15.1 Å². The number of carbonyl (C=O) groups excluding carboxylic acids is 2. The first-order valence-corrected chi connectivity index (χ1v) is 11.1. The SMILES string of the molecule is CCOC(=O)Nc1cccc(Cn2nc(-c3ccc(C(=O)NCCCCO)cc3)ccc2=O)c1. The van der Waals surface area contributed by atoms with Crippen LogP contribution in [0.1, 0.15) is 35.7 Å². The second kappa shape index (κ2) is 12.3. The van der Waals surface area contributed by atoms with E-state index in [1.807, 2.05) is 6.07 Å². The van der Waals surface area contributed by atoms with Gasteiger partial charge < -0.3 is 15.2 Å². The Hall–Kier alpha value is -3.98. The van der Waals surface area contributed by atoms with Gasteiger partial charge in [-0.05, 0) is 55.7 Å². The maximum atomic E-state index is 12.4. The highest BCUT2D eigenvalue weighted by atomic mass is 16.5. The molecule has 0 fully saturated rings. The van der Waals surface area contributed by atoms with Crippen LogP contribution in [0, 0.1) is 0 Å². The van der Waals surface area contributed by atoms with E-state index in [1.165, 1.54) is 10.7 Å². The Labute approximate surface area is 197 Å². The van der Waals surface area contributed by atoms with Crippen LogP contribution in [0.4, 0.5) is 10.5 Å². The number of aliphatic hydroxyl groups is 1. The minimum atomic E-state index is -0.542. The summed E-state index contributed by atoms with van der Waals surface area (Å²) in [5.41, 5.74) is 2.97. The van der Waals surface area contributed by atoms with Crippen LogP contribution in [-0.2, 0) is 11.3 Å². The minimum absolute atomic E-state index is 0.107. The number of rotatable bonds is 10. The van der Waals surface area contributed by atoms with E-state index in [4.69, 9.17) is 9.84 Å². The van der Waals surface area contributed by atoms with Gasteiger partial charge in [-0.15, -0.1) is 0 Å². The summed E-state index contributed by atoms with van der Waals surface area (Å²) < 4.78 is 6.24. The standard InChI is InChI=1S/C25H28N4O5/c1-2-34-25(33)27-21-7-5-6-18(16-21)17-29-23(31)13-12-22(28-29)19-8-10-20(11-9-19)24(32)26-14-3-4-15-30/h5-13,16,30H,2-4,14-15,17H2,1H3,(H,26,32)(H,27,33). The maximum Gasteiger partial charge on any atom is 0.411 e. The van der Waals surface area contributed by atoms with Gasteiger partial charge in [0.1, 0.15) is 0 Å². The van der Waals surface area contributed by atoms with Crippen molar-refractivity contribution in [3.63, 3.8) is 0 Å². The Kier molecular flexibility index (Phi) is 8.93. The highest BCUT2D eigenvalue weighted by Crippen LogP contribution is 2.17. The molecule has 3 N–H and O–H groups in total. The molecule has 3 rings (SSSR count). The average molecular weight is 465 g/mol. The monoisotopic (exact) mass is 464 g/mol. The van der Waals surface area contributed by atoms with Crippen LogP contribution in [0.15, 0.2) is 65.5 Å². The Morgan fingerprint density at radius 1 is 1.06 bits per heavy atom. The van der Waals surface area contributed by atoms with Gasteiger partial charge in [-0.2, -0.15) is 5.10 Å². The molecule has 0 atom stereocenters. The number of anilines is 1. The summed E-state index contributed by atoms with van der Waals surface area (Å²) in [5, 5.41) is 18.7. The normalized spacial score (nSPS) is 10.5. The Bertz CT molecular complexity index is 1170. The van der Waals surface area contributed by atoms with Crippen LogP contribution in [-0.4, -0.2) is 46.6 Å². The van der Waals surface area contributed by atoms with Crippen LogP contribution in [0.5, 0.6) is 0 Å². The molecule has 0 aliphatic heterocycles. The number of nitrogens with one attached hydrogen (secondary N) is 2. The number of aromatic nitrogens is 2. The lowest BCUT2D eigenvalue weighted by Crippen LogP contribution is -2.24.